The van der Waals surface area contributed by atoms with Crippen molar-refractivity contribution >= 4 is 23.2 Å². The summed E-state index contributed by atoms with van der Waals surface area (Å²) in [6, 6.07) is 10.1. The first-order valence-electron chi connectivity index (χ1n) is 4.90. The minimum atomic E-state index is -0.356. The highest BCUT2D eigenvalue weighted by Gasteiger charge is 2.10. The summed E-state index contributed by atoms with van der Waals surface area (Å²) < 4.78 is 10.0. The van der Waals surface area contributed by atoms with Gasteiger partial charge in [0.2, 0.25) is 0 Å². The van der Waals surface area contributed by atoms with Crippen molar-refractivity contribution in [1.29, 1.82) is 0 Å². The minimum Gasteiger partial charge on any atom is -0.497 e. The number of benzene rings is 1. The molecule has 0 bridgehead atoms. The monoisotopic (exact) mass is 251 g/mol. The Kier molecular flexibility index (Phi) is 3.35. The Bertz CT molecular complexity index is 536. The Morgan fingerprint density at radius 2 is 2.18 bits per heavy atom. The lowest BCUT2D eigenvalue weighted by atomic mass is 10.3. The fourth-order valence-corrected chi connectivity index (χ4v) is 1.48. The van der Waals surface area contributed by atoms with Crippen LogP contribution in [0.15, 0.2) is 40.8 Å². The molecular formula is C12H10ClNO3. The van der Waals surface area contributed by atoms with Gasteiger partial charge >= 0.3 is 0 Å². The Morgan fingerprint density at radius 3 is 2.82 bits per heavy atom. The van der Waals surface area contributed by atoms with E-state index in [2.05, 4.69) is 5.32 Å². The highest BCUT2D eigenvalue weighted by atomic mass is 35.5. The summed E-state index contributed by atoms with van der Waals surface area (Å²) >= 11 is 5.59. The maximum absolute atomic E-state index is 11.7. The van der Waals surface area contributed by atoms with Gasteiger partial charge in [0.1, 0.15) is 5.75 Å². The predicted octanol–water partition coefficient (Wildman–Crippen LogP) is 3.19. The highest BCUT2D eigenvalue weighted by Crippen LogP contribution is 2.19. The van der Waals surface area contributed by atoms with Crippen LogP contribution in [0.4, 0.5) is 5.69 Å². The summed E-state index contributed by atoms with van der Waals surface area (Å²) in [7, 11) is 1.56. The van der Waals surface area contributed by atoms with Crippen LogP contribution in [0.3, 0.4) is 0 Å². The van der Waals surface area contributed by atoms with E-state index in [1.54, 1.807) is 31.4 Å². The Hall–Kier alpha value is -1.94. The van der Waals surface area contributed by atoms with Crippen molar-refractivity contribution in [2.24, 2.45) is 0 Å². The van der Waals surface area contributed by atoms with Crippen molar-refractivity contribution in [3.63, 3.8) is 0 Å². The number of nitrogens with one attached hydrogen (secondary N) is 1. The Morgan fingerprint density at radius 1 is 1.35 bits per heavy atom. The second-order valence-electron chi connectivity index (χ2n) is 3.29. The van der Waals surface area contributed by atoms with Crippen molar-refractivity contribution in [2.45, 2.75) is 0 Å². The van der Waals surface area contributed by atoms with Gasteiger partial charge in [0.25, 0.3) is 5.91 Å². The van der Waals surface area contributed by atoms with Crippen molar-refractivity contribution in [2.75, 3.05) is 12.4 Å². The number of hydrogen-bond acceptors (Lipinski definition) is 3. The molecule has 0 spiro atoms. The molecule has 1 aromatic heterocycles. The number of halogens is 1. The molecule has 2 aromatic rings. The van der Waals surface area contributed by atoms with E-state index in [9.17, 15) is 4.79 Å². The molecule has 0 aliphatic carbocycles. The van der Waals surface area contributed by atoms with E-state index in [0.29, 0.717) is 11.4 Å². The van der Waals surface area contributed by atoms with Gasteiger partial charge in [-0.25, -0.2) is 0 Å². The molecule has 1 N–H and O–H groups in total. The molecule has 17 heavy (non-hydrogen) atoms. The average molecular weight is 252 g/mol. The normalized spacial score (nSPS) is 10.0. The molecule has 0 saturated heterocycles. The molecule has 2 rings (SSSR count). The predicted molar refractivity (Wildman–Crippen MR) is 64.7 cm³/mol. The van der Waals surface area contributed by atoms with Crippen LogP contribution < -0.4 is 10.1 Å². The molecule has 0 saturated carbocycles. The maximum atomic E-state index is 11.7. The van der Waals surface area contributed by atoms with Gasteiger partial charge in [0.15, 0.2) is 11.0 Å². The molecule has 1 heterocycles. The van der Waals surface area contributed by atoms with Gasteiger partial charge in [-0.2, -0.15) is 0 Å². The zero-order chi connectivity index (χ0) is 12.3. The minimum absolute atomic E-state index is 0.165. The van der Waals surface area contributed by atoms with Crippen LogP contribution in [0.2, 0.25) is 5.22 Å². The highest BCUT2D eigenvalue weighted by molar-refractivity contribution is 6.29. The third kappa shape index (κ3) is 2.79. The number of amides is 1. The number of anilines is 1. The summed E-state index contributed by atoms with van der Waals surface area (Å²) in [4.78, 5) is 11.7. The van der Waals surface area contributed by atoms with E-state index >= 15 is 0 Å². The largest absolute Gasteiger partial charge is 0.497 e. The molecular weight excluding hydrogens is 242 g/mol. The van der Waals surface area contributed by atoms with E-state index in [-0.39, 0.29) is 16.9 Å². The van der Waals surface area contributed by atoms with Gasteiger partial charge in [-0.3, -0.25) is 4.79 Å². The van der Waals surface area contributed by atoms with Gasteiger partial charge in [-0.05, 0) is 35.9 Å². The summed E-state index contributed by atoms with van der Waals surface area (Å²) in [5, 5.41) is 2.86. The quantitative estimate of drug-likeness (QED) is 0.911. The first-order valence-corrected chi connectivity index (χ1v) is 5.27. The molecule has 0 aliphatic heterocycles. The van der Waals surface area contributed by atoms with Crippen LogP contribution in [0.5, 0.6) is 5.75 Å². The second-order valence-corrected chi connectivity index (χ2v) is 3.66. The molecule has 1 aromatic carbocycles. The third-order valence-electron chi connectivity index (χ3n) is 2.12. The van der Waals surface area contributed by atoms with Crippen LogP contribution in [-0.2, 0) is 0 Å². The third-order valence-corrected chi connectivity index (χ3v) is 2.33. The Balaban J connectivity index is 2.12. The molecule has 0 fully saturated rings. The number of carbonyl (C=O) groups is 1. The number of furan rings is 1. The standard InChI is InChI=1S/C12H10ClNO3/c1-16-9-4-2-3-8(7-9)14-12(15)10-5-6-11(13)17-10/h2-7H,1H3,(H,14,15). The van der Waals surface area contributed by atoms with Crippen LogP contribution in [-0.4, -0.2) is 13.0 Å². The number of ether oxygens (including phenoxy) is 1. The number of hydrogen-bond donors (Lipinski definition) is 1. The van der Waals surface area contributed by atoms with E-state index < -0.39 is 0 Å². The molecule has 4 nitrogen and oxygen atoms in total. The van der Waals surface area contributed by atoms with Crippen molar-refractivity contribution in [3.05, 3.63) is 47.4 Å². The molecule has 1 amide bonds. The molecule has 0 radical (unpaired) electrons. The fourth-order valence-electron chi connectivity index (χ4n) is 1.33. The summed E-state index contributed by atoms with van der Waals surface area (Å²) in [6.45, 7) is 0. The fraction of sp³-hybridized carbons (Fsp3) is 0.0833. The van der Waals surface area contributed by atoms with E-state index in [1.165, 1.54) is 12.1 Å². The summed E-state index contributed by atoms with van der Waals surface area (Å²) in [5.41, 5.74) is 0.627. The molecule has 0 aliphatic rings. The van der Waals surface area contributed by atoms with Gasteiger partial charge in [0.05, 0.1) is 7.11 Å². The topological polar surface area (TPSA) is 51.5 Å². The zero-order valence-corrected chi connectivity index (χ0v) is 9.82. The van der Waals surface area contributed by atoms with Gasteiger partial charge in [-0.1, -0.05) is 6.07 Å². The maximum Gasteiger partial charge on any atom is 0.291 e. The molecule has 0 atom stereocenters. The van der Waals surface area contributed by atoms with Crippen molar-refractivity contribution in [1.82, 2.24) is 0 Å². The number of carbonyl (C=O) groups excluding carboxylic acids is 1. The number of rotatable bonds is 3. The smallest absolute Gasteiger partial charge is 0.291 e. The zero-order valence-electron chi connectivity index (χ0n) is 9.07. The van der Waals surface area contributed by atoms with Crippen LogP contribution in [0.1, 0.15) is 10.6 Å². The van der Waals surface area contributed by atoms with Crippen LogP contribution >= 0.6 is 11.6 Å². The second kappa shape index (κ2) is 4.93. The lowest BCUT2D eigenvalue weighted by Gasteiger charge is -2.05. The summed E-state index contributed by atoms with van der Waals surface area (Å²) in [6.07, 6.45) is 0. The van der Waals surface area contributed by atoms with Crippen LogP contribution in [0, 0.1) is 0 Å². The SMILES string of the molecule is COc1cccc(NC(=O)c2ccc(Cl)o2)c1. The van der Waals surface area contributed by atoms with Crippen molar-refractivity contribution < 1.29 is 13.9 Å². The van der Waals surface area contributed by atoms with Gasteiger partial charge in [0, 0.05) is 11.8 Å². The lowest BCUT2D eigenvalue weighted by Crippen LogP contribution is -2.10. The Labute approximate surface area is 103 Å². The number of methoxy groups -OCH3 is 1. The van der Waals surface area contributed by atoms with E-state index in [0.717, 1.165) is 0 Å². The lowest BCUT2D eigenvalue weighted by molar-refractivity contribution is 0.0997. The van der Waals surface area contributed by atoms with Gasteiger partial charge < -0.3 is 14.5 Å². The molecule has 0 unspecified atom stereocenters. The van der Waals surface area contributed by atoms with Crippen LogP contribution in [0.25, 0.3) is 0 Å². The van der Waals surface area contributed by atoms with E-state index in [4.69, 9.17) is 20.8 Å². The first-order chi connectivity index (χ1) is 8.19. The first kappa shape index (κ1) is 11.5. The molecule has 5 heteroatoms. The van der Waals surface area contributed by atoms with Gasteiger partial charge in [-0.15, -0.1) is 0 Å². The summed E-state index contributed by atoms with van der Waals surface area (Å²) in [5.74, 6) is 0.475. The van der Waals surface area contributed by atoms with E-state index in [1.807, 2.05) is 0 Å². The van der Waals surface area contributed by atoms with Crippen molar-refractivity contribution in [3.8, 4) is 5.75 Å². The molecule has 88 valence electrons. The average Bonchev–Trinajstić information content (AvgIpc) is 2.76.